The maximum Gasteiger partial charge on any atom is 0.310 e. The third-order valence-corrected chi connectivity index (χ3v) is 5.34. The fraction of sp³-hybridized carbons (Fsp3) is 0.875. The van der Waals surface area contributed by atoms with E-state index < -0.39 is 11.4 Å². The first kappa shape index (κ1) is 17.0. The number of carboxylic acid groups (broad SMARTS) is 1. The van der Waals surface area contributed by atoms with Crippen LogP contribution in [0.2, 0.25) is 0 Å². The van der Waals surface area contributed by atoms with Crippen molar-refractivity contribution < 1.29 is 14.7 Å². The van der Waals surface area contributed by atoms with E-state index in [1.54, 1.807) is 6.92 Å². The van der Waals surface area contributed by atoms with Crippen LogP contribution in [0, 0.1) is 23.2 Å². The van der Waals surface area contributed by atoms with Gasteiger partial charge in [-0.2, -0.15) is 0 Å². The Morgan fingerprint density at radius 2 is 1.90 bits per heavy atom. The minimum Gasteiger partial charge on any atom is -0.481 e. The van der Waals surface area contributed by atoms with Crippen LogP contribution in [0.3, 0.4) is 0 Å². The van der Waals surface area contributed by atoms with Gasteiger partial charge in [-0.3, -0.25) is 9.59 Å². The third kappa shape index (κ3) is 3.74. The Hall–Kier alpha value is -1.06. The molecule has 1 amide bonds. The predicted octanol–water partition coefficient (Wildman–Crippen LogP) is 3.06. The van der Waals surface area contributed by atoms with Gasteiger partial charge in [-0.15, -0.1) is 0 Å². The normalized spacial score (nSPS) is 29.8. The molecule has 1 saturated carbocycles. The van der Waals surface area contributed by atoms with E-state index in [0.717, 1.165) is 12.8 Å². The van der Waals surface area contributed by atoms with E-state index in [1.165, 1.54) is 6.42 Å². The molecule has 4 nitrogen and oxygen atoms in total. The molecule has 20 heavy (non-hydrogen) atoms. The van der Waals surface area contributed by atoms with Crippen molar-refractivity contribution in [3.63, 3.8) is 0 Å². The molecule has 1 rings (SSSR count). The van der Waals surface area contributed by atoms with Crippen LogP contribution in [0.1, 0.15) is 60.3 Å². The molecular formula is C16H29NO3. The van der Waals surface area contributed by atoms with Gasteiger partial charge in [0.2, 0.25) is 5.91 Å². The van der Waals surface area contributed by atoms with Gasteiger partial charge in [-0.25, -0.2) is 0 Å². The summed E-state index contributed by atoms with van der Waals surface area (Å²) in [6.45, 7) is 9.76. The van der Waals surface area contributed by atoms with Crippen molar-refractivity contribution >= 4 is 11.9 Å². The average Bonchev–Trinajstić information content (AvgIpc) is 2.34. The molecule has 4 unspecified atom stereocenters. The zero-order valence-electron chi connectivity index (χ0n) is 13.4. The zero-order chi connectivity index (χ0) is 15.5. The molecule has 1 fully saturated rings. The number of carbonyl (C=O) groups excluding carboxylic acids is 1. The van der Waals surface area contributed by atoms with Gasteiger partial charge in [-0.1, -0.05) is 40.5 Å². The summed E-state index contributed by atoms with van der Waals surface area (Å²) in [4.78, 5) is 23.6. The monoisotopic (exact) mass is 283 g/mol. The number of carbonyl (C=O) groups is 2. The van der Waals surface area contributed by atoms with Crippen LogP contribution < -0.4 is 5.32 Å². The first-order valence-electron chi connectivity index (χ1n) is 7.71. The Kier molecular flexibility index (Phi) is 5.60. The third-order valence-electron chi connectivity index (χ3n) is 5.34. The molecule has 0 bridgehead atoms. The van der Waals surface area contributed by atoms with E-state index in [9.17, 15) is 14.7 Å². The maximum atomic E-state index is 12.2. The molecule has 1 aliphatic rings. The van der Waals surface area contributed by atoms with Gasteiger partial charge in [0.25, 0.3) is 0 Å². The molecule has 1 aliphatic carbocycles. The summed E-state index contributed by atoms with van der Waals surface area (Å²) in [5.74, 6) is -0.0245. The van der Waals surface area contributed by atoms with Gasteiger partial charge in [-0.05, 0) is 31.1 Å². The number of aliphatic carboxylic acids is 1. The van der Waals surface area contributed by atoms with Crippen molar-refractivity contribution in [3.05, 3.63) is 0 Å². The van der Waals surface area contributed by atoms with Crippen LogP contribution in [-0.4, -0.2) is 23.0 Å². The topological polar surface area (TPSA) is 66.4 Å². The Bertz CT molecular complexity index is 367. The Balaban J connectivity index is 2.65. The summed E-state index contributed by atoms with van der Waals surface area (Å²) >= 11 is 0. The maximum absolute atomic E-state index is 12.2. The van der Waals surface area contributed by atoms with Gasteiger partial charge in [0.1, 0.15) is 0 Å². The van der Waals surface area contributed by atoms with Gasteiger partial charge < -0.3 is 10.4 Å². The summed E-state index contributed by atoms with van der Waals surface area (Å²) in [5, 5.41) is 12.4. The highest BCUT2D eigenvalue weighted by molar-refractivity contribution is 5.85. The van der Waals surface area contributed by atoms with Gasteiger partial charge >= 0.3 is 5.97 Å². The molecule has 0 heterocycles. The molecule has 0 radical (unpaired) electrons. The SMILES string of the molecule is CC1CCCC(NC(=O)CC(C)(C(=O)O)C(C)C)C1C. The van der Waals surface area contributed by atoms with E-state index in [2.05, 4.69) is 19.2 Å². The number of hydrogen-bond acceptors (Lipinski definition) is 2. The lowest BCUT2D eigenvalue weighted by Gasteiger charge is -2.36. The Morgan fingerprint density at radius 1 is 1.30 bits per heavy atom. The van der Waals surface area contributed by atoms with E-state index in [4.69, 9.17) is 0 Å². The fourth-order valence-corrected chi connectivity index (χ4v) is 2.90. The molecule has 0 saturated heterocycles. The average molecular weight is 283 g/mol. The first-order chi connectivity index (χ1) is 9.18. The van der Waals surface area contributed by atoms with Crippen LogP contribution in [0.5, 0.6) is 0 Å². The summed E-state index contributed by atoms with van der Waals surface area (Å²) < 4.78 is 0. The molecule has 0 aliphatic heterocycles. The van der Waals surface area contributed by atoms with E-state index in [0.29, 0.717) is 11.8 Å². The fourth-order valence-electron chi connectivity index (χ4n) is 2.90. The second-order valence-electron chi connectivity index (χ2n) is 7.00. The van der Waals surface area contributed by atoms with E-state index >= 15 is 0 Å². The van der Waals surface area contributed by atoms with Crippen molar-refractivity contribution in [2.24, 2.45) is 23.2 Å². The largest absolute Gasteiger partial charge is 0.481 e. The highest BCUT2D eigenvalue weighted by atomic mass is 16.4. The van der Waals surface area contributed by atoms with Crippen LogP contribution >= 0.6 is 0 Å². The van der Waals surface area contributed by atoms with Crippen LogP contribution in [0.4, 0.5) is 0 Å². The first-order valence-corrected chi connectivity index (χ1v) is 7.71. The molecule has 4 atom stereocenters. The lowest BCUT2D eigenvalue weighted by atomic mass is 9.75. The van der Waals surface area contributed by atoms with Crippen molar-refractivity contribution in [2.75, 3.05) is 0 Å². The lowest BCUT2D eigenvalue weighted by Crippen LogP contribution is -2.46. The molecule has 0 aromatic heterocycles. The van der Waals surface area contributed by atoms with Gasteiger partial charge in [0, 0.05) is 12.5 Å². The second kappa shape index (κ2) is 6.59. The van der Waals surface area contributed by atoms with E-state index in [-0.39, 0.29) is 24.3 Å². The van der Waals surface area contributed by atoms with Gasteiger partial charge in [0.05, 0.1) is 5.41 Å². The van der Waals surface area contributed by atoms with Crippen LogP contribution in [0.25, 0.3) is 0 Å². The predicted molar refractivity (Wildman–Crippen MR) is 79.3 cm³/mol. The second-order valence-corrected chi connectivity index (χ2v) is 7.00. The summed E-state index contributed by atoms with van der Waals surface area (Å²) in [7, 11) is 0. The Labute approximate surface area is 122 Å². The van der Waals surface area contributed by atoms with Crippen molar-refractivity contribution in [1.29, 1.82) is 0 Å². The smallest absolute Gasteiger partial charge is 0.310 e. The summed E-state index contributed by atoms with van der Waals surface area (Å²) in [5.41, 5.74) is -0.992. The molecular weight excluding hydrogens is 254 g/mol. The zero-order valence-corrected chi connectivity index (χ0v) is 13.4. The number of carboxylic acids is 1. The molecule has 0 spiro atoms. The lowest BCUT2D eigenvalue weighted by molar-refractivity contribution is -0.153. The molecule has 0 aromatic rings. The minimum absolute atomic E-state index is 0.0532. The van der Waals surface area contributed by atoms with Crippen molar-refractivity contribution in [2.45, 2.75) is 66.3 Å². The molecule has 116 valence electrons. The van der Waals surface area contributed by atoms with Crippen LogP contribution in [-0.2, 0) is 9.59 Å². The highest BCUT2D eigenvalue weighted by Crippen LogP contribution is 2.33. The van der Waals surface area contributed by atoms with Crippen LogP contribution in [0.15, 0.2) is 0 Å². The number of hydrogen-bond donors (Lipinski definition) is 2. The molecule has 2 N–H and O–H groups in total. The summed E-state index contributed by atoms with van der Waals surface area (Å²) in [6, 6.07) is 0.191. The molecule has 4 heteroatoms. The number of nitrogens with one attached hydrogen (secondary N) is 1. The Morgan fingerprint density at radius 3 is 2.40 bits per heavy atom. The minimum atomic E-state index is -0.992. The van der Waals surface area contributed by atoms with Gasteiger partial charge in [0.15, 0.2) is 0 Å². The standard InChI is InChI=1S/C16H29NO3/c1-10(2)16(5,15(19)20)9-14(18)17-13-8-6-7-11(3)12(13)4/h10-13H,6-9H2,1-5H3,(H,17,18)(H,19,20). The molecule has 0 aromatic carbocycles. The quantitative estimate of drug-likeness (QED) is 0.815. The van der Waals surface area contributed by atoms with Crippen molar-refractivity contribution in [3.8, 4) is 0 Å². The highest BCUT2D eigenvalue weighted by Gasteiger charge is 2.39. The summed E-state index contributed by atoms with van der Waals surface area (Å²) in [6.07, 6.45) is 3.41. The number of amides is 1. The van der Waals surface area contributed by atoms with E-state index in [1.807, 2.05) is 13.8 Å². The van der Waals surface area contributed by atoms with Crippen molar-refractivity contribution in [1.82, 2.24) is 5.32 Å². The number of rotatable bonds is 5.